The number of ether oxygens (including phenoxy) is 2. The van der Waals surface area contributed by atoms with Crippen LogP contribution in [0.3, 0.4) is 0 Å². The molecule has 0 saturated carbocycles. The lowest BCUT2D eigenvalue weighted by atomic mass is 10.1. The summed E-state index contributed by atoms with van der Waals surface area (Å²) in [5, 5.41) is 14.2. The third kappa shape index (κ3) is 5.02. The van der Waals surface area contributed by atoms with Gasteiger partial charge in [-0.2, -0.15) is 10.4 Å². The van der Waals surface area contributed by atoms with E-state index in [9.17, 15) is 19.6 Å². The number of carbonyl (C=O) groups excluding carboxylic acids is 2. The van der Waals surface area contributed by atoms with Gasteiger partial charge in [0.25, 0.3) is 5.56 Å². The third-order valence-corrected chi connectivity index (χ3v) is 4.55. The SMILES string of the molecule is CC(C)(C)OC(=O)Cc1nn(CC(=O)N2CCOCC2)c(=O)c2cc(C#N)ccc12. The van der Waals surface area contributed by atoms with E-state index in [1.54, 1.807) is 37.8 Å². The minimum Gasteiger partial charge on any atom is -0.460 e. The molecule has 1 fully saturated rings. The van der Waals surface area contributed by atoms with Crippen molar-refractivity contribution in [1.82, 2.24) is 14.7 Å². The number of aromatic nitrogens is 2. The first kappa shape index (κ1) is 21.5. The summed E-state index contributed by atoms with van der Waals surface area (Å²) in [5.74, 6) is -0.753. The highest BCUT2D eigenvalue weighted by molar-refractivity contribution is 5.88. The highest BCUT2D eigenvalue weighted by Crippen LogP contribution is 2.18. The largest absolute Gasteiger partial charge is 0.460 e. The summed E-state index contributed by atoms with van der Waals surface area (Å²) in [6.07, 6.45) is -0.161. The van der Waals surface area contributed by atoms with Gasteiger partial charge in [-0.15, -0.1) is 0 Å². The lowest BCUT2D eigenvalue weighted by molar-refractivity contribution is -0.154. The van der Waals surface area contributed by atoms with Gasteiger partial charge in [0.15, 0.2) is 0 Å². The first-order valence-corrected chi connectivity index (χ1v) is 9.69. The van der Waals surface area contributed by atoms with Crippen molar-refractivity contribution < 1.29 is 19.1 Å². The van der Waals surface area contributed by atoms with Gasteiger partial charge < -0.3 is 14.4 Å². The number of amides is 1. The van der Waals surface area contributed by atoms with Crippen LogP contribution in [0.4, 0.5) is 0 Å². The van der Waals surface area contributed by atoms with Crippen molar-refractivity contribution in [2.45, 2.75) is 39.3 Å². The van der Waals surface area contributed by atoms with E-state index in [0.29, 0.717) is 42.9 Å². The molecule has 9 nitrogen and oxygen atoms in total. The Morgan fingerprint density at radius 2 is 1.93 bits per heavy atom. The molecule has 3 rings (SSSR count). The Hall–Kier alpha value is -3.25. The molecule has 30 heavy (non-hydrogen) atoms. The highest BCUT2D eigenvalue weighted by atomic mass is 16.6. The molecular weight excluding hydrogens is 388 g/mol. The monoisotopic (exact) mass is 412 g/mol. The van der Waals surface area contributed by atoms with Crippen LogP contribution in [-0.2, 0) is 32.0 Å². The van der Waals surface area contributed by atoms with Crippen LogP contribution in [0.2, 0.25) is 0 Å². The van der Waals surface area contributed by atoms with Crippen LogP contribution in [0.1, 0.15) is 32.0 Å². The van der Waals surface area contributed by atoms with Gasteiger partial charge in [-0.1, -0.05) is 6.07 Å². The second-order valence-corrected chi connectivity index (χ2v) is 8.04. The first-order valence-electron chi connectivity index (χ1n) is 9.69. The van der Waals surface area contributed by atoms with E-state index >= 15 is 0 Å². The number of hydrogen-bond donors (Lipinski definition) is 0. The zero-order chi connectivity index (χ0) is 21.9. The molecule has 1 amide bonds. The maximum absolute atomic E-state index is 13.0. The number of hydrogen-bond acceptors (Lipinski definition) is 7. The Morgan fingerprint density at radius 1 is 1.23 bits per heavy atom. The lowest BCUT2D eigenvalue weighted by Crippen LogP contribution is -2.44. The number of nitriles is 1. The summed E-state index contributed by atoms with van der Waals surface area (Å²) in [6.45, 7) is 6.82. The zero-order valence-corrected chi connectivity index (χ0v) is 17.3. The van der Waals surface area contributed by atoms with Gasteiger partial charge in [0.05, 0.1) is 42.3 Å². The molecule has 9 heteroatoms. The van der Waals surface area contributed by atoms with Crippen LogP contribution in [0, 0.1) is 11.3 Å². The second kappa shape index (κ2) is 8.63. The maximum atomic E-state index is 13.0. The minimum absolute atomic E-state index is 0.161. The predicted octanol–water partition coefficient (Wildman–Crippen LogP) is 1.01. The molecule has 0 N–H and O–H groups in total. The van der Waals surface area contributed by atoms with E-state index in [0.717, 1.165) is 4.68 Å². The van der Waals surface area contributed by atoms with Crippen molar-refractivity contribution in [2.75, 3.05) is 26.3 Å². The normalized spacial score (nSPS) is 14.4. The molecule has 0 unspecified atom stereocenters. The van der Waals surface area contributed by atoms with Gasteiger partial charge in [0.1, 0.15) is 12.1 Å². The van der Waals surface area contributed by atoms with E-state index in [4.69, 9.17) is 9.47 Å². The Kier molecular flexibility index (Phi) is 6.17. The molecule has 2 heterocycles. The molecule has 1 saturated heterocycles. The van der Waals surface area contributed by atoms with Gasteiger partial charge in [0, 0.05) is 18.5 Å². The van der Waals surface area contributed by atoms with E-state index in [2.05, 4.69) is 5.10 Å². The number of nitrogens with zero attached hydrogens (tertiary/aromatic N) is 4. The molecule has 0 spiro atoms. The maximum Gasteiger partial charge on any atom is 0.312 e. The van der Waals surface area contributed by atoms with E-state index < -0.39 is 17.1 Å². The zero-order valence-electron chi connectivity index (χ0n) is 17.3. The molecule has 0 aliphatic carbocycles. The Bertz CT molecular complexity index is 1070. The molecule has 0 radical (unpaired) electrons. The summed E-state index contributed by atoms with van der Waals surface area (Å²) in [5.41, 5.74) is -0.531. The quantitative estimate of drug-likeness (QED) is 0.689. The highest BCUT2D eigenvalue weighted by Gasteiger charge is 2.22. The van der Waals surface area contributed by atoms with Crippen molar-refractivity contribution in [3.05, 3.63) is 39.8 Å². The fourth-order valence-corrected chi connectivity index (χ4v) is 3.22. The smallest absolute Gasteiger partial charge is 0.312 e. The molecule has 1 aromatic carbocycles. The lowest BCUT2D eigenvalue weighted by Gasteiger charge is -2.27. The average molecular weight is 412 g/mol. The first-order chi connectivity index (χ1) is 14.2. The van der Waals surface area contributed by atoms with Crippen LogP contribution in [0.25, 0.3) is 10.8 Å². The van der Waals surface area contributed by atoms with Crippen molar-refractivity contribution in [2.24, 2.45) is 0 Å². The summed E-state index contributed by atoms with van der Waals surface area (Å²) in [4.78, 5) is 39.6. The third-order valence-electron chi connectivity index (χ3n) is 4.55. The van der Waals surface area contributed by atoms with Gasteiger partial charge in [0.2, 0.25) is 5.91 Å². The van der Waals surface area contributed by atoms with E-state index in [-0.39, 0.29) is 24.3 Å². The number of morpholine rings is 1. The number of rotatable bonds is 4. The number of fused-ring (bicyclic) bond motifs is 1. The topological polar surface area (TPSA) is 115 Å². The summed E-state index contributed by atoms with van der Waals surface area (Å²) >= 11 is 0. The standard InChI is InChI=1S/C21H24N4O5/c1-21(2,3)30-19(27)11-17-15-5-4-14(12-22)10-16(15)20(28)25(23-17)13-18(26)24-6-8-29-9-7-24/h4-5,10H,6-9,11,13H2,1-3H3. The molecule has 0 bridgehead atoms. The Morgan fingerprint density at radius 3 is 2.57 bits per heavy atom. The van der Waals surface area contributed by atoms with Crippen molar-refractivity contribution in [1.29, 1.82) is 5.26 Å². The molecule has 2 aromatic rings. The van der Waals surface area contributed by atoms with Gasteiger partial charge in [-0.3, -0.25) is 14.4 Å². The molecule has 1 aromatic heterocycles. The van der Waals surface area contributed by atoms with Gasteiger partial charge in [-0.05, 0) is 32.9 Å². The van der Waals surface area contributed by atoms with Crippen LogP contribution < -0.4 is 5.56 Å². The van der Waals surface area contributed by atoms with Crippen LogP contribution in [0.5, 0.6) is 0 Å². The molecule has 1 aliphatic heterocycles. The average Bonchev–Trinajstić information content (AvgIpc) is 2.70. The van der Waals surface area contributed by atoms with Crippen LogP contribution in [-0.4, -0.2) is 58.5 Å². The fourth-order valence-electron chi connectivity index (χ4n) is 3.22. The number of benzene rings is 1. The van der Waals surface area contributed by atoms with Crippen LogP contribution >= 0.6 is 0 Å². The minimum atomic E-state index is -0.665. The molecule has 1 aliphatic rings. The fraction of sp³-hybridized carbons (Fsp3) is 0.476. The summed E-state index contributed by atoms with van der Waals surface area (Å²) < 4.78 is 11.7. The summed E-state index contributed by atoms with van der Waals surface area (Å²) in [6, 6.07) is 6.61. The van der Waals surface area contributed by atoms with Crippen molar-refractivity contribution >= 4 is 22.6 Å². The van der Waals surface area contributed by atoms with Crippen molar-refractivity contribution in [3.63, 3.8) is 0 Å². The van der Waals surface area contributed by atoms with E-state index in [1.807, 2.05) is 6.07 Å². The Balaban J connectivity index is 2.00. The number of carbonyl (C=O) groups is 2. The Labute approximate surface area is 173 Å². The molecule has 158 valence electrons. The van der Waals surface area contributed by atoms with Gasteiger partial charge >= 0.3 is 5.97 Å². The van der Waals surface area contributed by atoms with E-state index in [1.165, 1.54) is 6.07 Å². The van der Waals surface area contributed by atoms with Gasteiger partial charge in [-0.25, -0.2) is 4.68 Å². The van der Waals surface area contributed by atoms with Crippen molar-refractivity contribution in [3.8, 4) is 6.07 Å². The molecular formula is C21H24N4O5. The number of esters is 1. The molecule has 0 atom stereocenters. The van der Waals surface area contributed by atoms with Crippen LogP contribution in [0.15, 0.2) is 23.0 Å². The predicted molar refractivity (Wildman–Crippen MR) is 108 cm³/mol. The second-order valence-electron chi connectivity index (χ2n) is 8.04. The summed E-state index contributed by atoms with van der Waals surface area (Å²) in [7, 11) is 0.